The molecule has 0 saturated carbocycles. The molecule has 1 aliphatic rings. The number of hydrogen-bond donors (Lipinski definition) is 2. The number of allylic oxidation sites excluding steroid dienone is 2. The number of carbonyl (C=O) groups is 1. The van der Waals surface area contributed by atoms with Gasteiger partial charge in [-0.1, -0.05) is 65.8 Å². The monoisotopic (exact) mass is 482 g/mol. The highest BCUT2D eigenvalue weighted by molar-refractivity contribution is 6.51. The molecule has 0 bridgehead atoms. The zero-order chi connectivity index (χ0) is 27.3. The van der Waals surface area contributed by atoms with Crippen LogP contribution in [0.1, 0.15) is 58.6 Å². The summed E-state index contributed by atoms with van der Waals surface area (Å²) >= 11 is 0. The molecular weight excluding hydrogens is 452 g/mol. The number of aliphatic hydroxyl groups excluding tert-OH is 1. The molecule has 0 atom stereocenters. The molecule has 8 heteroatoms. The summed E-state index contributed by atoms with van der Waals surface area (Å²) in [5.74, 6) is -2.22. The zero-order valence-corrected chi connectivity index (χ0v) is 21.5. The first-order valence-electron chi connectivity index (χ1n) is 11.4. The van der Waals surface area contributed by atoms with Crippen LogP contribution in [-0.2, 0) is 10.2 Å². The van der Waals surface area contributed by atoms with Crippen LogP contribution in [0, 0.1) is 56.2 Å². The average Bonchev–Trinajstić information content (AvgIpc) is 2.81. The number of hydrogen-bond acceptors (Lipinski definition) is 8. The lowest BCUT2D eigenvalue weighted by Crippen LogP contribution is -2.39. The second kappa shape index (κ2) is 10.5. The third kappa shape index (κ3) is 5.99. The van der Waals surface area contributed by atoms with Gasteiger partial charge in [0.25, 0.3) is 0 Å². The fourth-order valence-electron chi connectivity index (χ4n) is 3.44. The molecule has 0 saturated heterocycles. The predicted molar refractivity (Wildman–Crippen MR) is 135 cm³/mol. The maximum Gasteiger partial charge on any atom is 0.213 e. The molecule has 0 unspecified atom stereocenters. The third-order valence-corrected chi connectivity index (χ3v) is 5.41. The van der Waals surface area contributed by atoms with E-state index in [9.17, 15) is 20.4 Å². The first-order valence-corrected chi connectivity index (χ1v) is 11.4. The minimum atomic E-state index is -2.15. The number of aliphatic imine (C=N–C) groups is 1. The highest BCUT2D eigenvalue weighted by Gasteiger charge is 2.46. The Balaban J connectivity index is 2.74. The van der Waals surface area contributed by atoms with Crippen molar-refractivity contribution in [1.82, 2.24) is 5.32 Å². The summed E-state index contributed by atoms with van der Waals surface area (Å²) in [6.45, 7) is 12.6. The quantitative estimate of drug-likeness (QED) is 0.565. The molecule has 1 aromatic carbocycles. The minimum absolute atomic E-state index is 0.0367. The van der Waals surface area contributed by atoms with E-state index in [0.717, 1.165) is 0 Å². The Hall–Kier alpha value is -4.40. The van der Waals surface area contributed by atoms with Crippen molar-refractivity contribution >= 4 is 11.5 Å². The molecule has 0 aromatic heterocycles. The van der Waals surface area contributed by atoms with E-state index in [1.165, 1.54) is 30.3 Å². The Morgan fingerprint density at radius 2 is 1.50 bits per heavy atom. The van der Waals surface area contributed by atoms with Gasteiger partial charge in [0.1, 0.15) is 11.5 Å². The van der Waals surface area contributed by atoms with Crippen LogP contribution in [0.4, 0.5) is 0 Å². The first-order chi connectivity index (χ1) is 16.7. The second-order valence-corrected chi connectivity index (χ2v) is 11.1. The summed E-state index contributed by atoms with van der Waals surface area (Å²) in [7, 11) is 0. The second-order valence-electron chi connectivity index (χ2n) is 11.1. The molecule has 0 heterocycles. The molecule has 0 spiro atoms. The van der Waals surface area contributed by atoms with Crippen LogP contribution in [0.25, 0.3) is 0 Å². The maximum atomic E-state index is 13.6. The summed E-state index contributed by atoms with van der Waals surface area (Å²) in [4.78, 5) is 18.1. The van der Waals surface area contributed by atoms with Crippen LogP contribution >= 0.6 is 0 Å². The van der Waals surface area contributed by atoms with E-state index in [1.807, 2.05) is 65.8 Å². The lowest BCUT2D eigenvalue weighted by atomic mass is 9.71. The van der Waals surface area contributed by atoms with Gasteiger partial charge in [-0.25, -0.2) is 0 Å². The van der Waals surface area contributed by atoms with Crippen molar-refractivity contribution < 1.29 is 9.90 Å². The predicted octanol–water partition coefficient (Wildman–Crippen LogP) is 4.50. The summed E-state index contributed by atoms with van der Waals surface area (Å²) < 4.78 is 0. The molecule has 2 N–H and O–H groups in total. The number of nitriles is 4. The van der Waals surface area contributed by atoms with Crippen molar-refractivity contribution in [2.45, 2.75) is 52.9 Å². The van der Waals surface area contributed by atoms with Crippen molar-refractivity contribution in [3.63, 3.8) is 0 Å². The number of carbonyl (C=O) groups excluding carboxylic acids is 1. The molecule has 0 radical (unpaired) electrons. The Morgan fingerprint density at radius 1 is 0.944 bits per heavy atom. The number of benzene rings is 1. The Morgan fingerprint density at radius 3 is 1.94 bits per heavy atom. The molecule has 184 valence electrons. The van der Waals surface area contributed by atoms with Gasteiger partial charge in [0, 0.05) is 13.1 Å². The number of nitrogens with one attached hydrogen (secondary N) is 1. The van der Waals surface area contributed by atoms with Gasteiger partial charge < -0.3 is 10.4 Å². The van der Waals surface area contributed by atoms with E-state index in [-0.39, 0.29) is 33.4 Å². The first kappa shape index (κ1) is 27.8. The van der Waals surface area contributed by atoms with E-state index in [1.54, 1.807) is 0 Å². The Labute approximate surface area is 212 Å². The highest BCUT2D eigenvalue weighted by Crippen LogP contribution is 2.38. The molecule has 36 heavy (non-hydrogen) atoms. The smallest absolute Gasteiger partial charge is 0.213 e. The molecule has 0 fully saturated rings. The normalized spacial score (nSPS) is 15.6. The van der Waals surface area contributed by atoms with Crippen LogP contribution in [0.15, 0.2) is 52.4 Å². The van der Waals surface area contributed by atoms with Gasteiger partial charge in [-0.15, -0.1) is 0 Å². The molecule has 1 aromatic rings. The van der Waals surface area contributed by atoms with Crippen molar-refractivity contribution in [3.8, 4) is 24.3 Å². The largest absolute Gasteiger partial charge is 0.505 e. The van der Waals surface area contributed by atoms with Gasteiger partial charge in [0.05, 0.1) is 35.5 Å². The van der Waals surface area contributed by atoms with Crippen molar-refractivity contribution in [1.29, 1.82) is 21.0 Å². The number of rotatable bonds is 6. The van der Waals surface area contributed by atoms with Crippen LogP contribution in [0.3, 0.4) is 0 Å². The van der Waals surface area contributed by atoms with Gasteiger partial charge in [-0.3, -0.25) is 9.79 Å². The molecule has 1 aliphatic carbocycles. The molecular formula is C28H30N6O2. The van der Waals surface area contributed by atoms with Crippen LogP contribution in [-0.4, -0.2) is 29.7 Å². The topological polar surface area (TPSA) is 157 Å². The van der Waals surface area contributed by atoms with Gasteiger partial charge in [0.2, 0.25) is 11.2 Å². The molecule has 0 amide bonds. The van der Waals surface area contributed by atoms with Crippen LogP contribution < -0.4 is 5.32 Å². The fourth-order valence-corrected chi connectivity index (χ4v) is 3.44. The highest BCUT2D eigenvalue weighted by atomic mass is 16.3. The van der Waals surface area contributed by atoms with Gasteiger partial charge in [0.15, 0.2) is 5.92 Å². The summed E-state index contributed by atoms with van der Waals surface area (Å²) in [5.41, 5.74) is -2.17. The van der Waals surface area contributed by atoms with Crippen molar-refractivity contribution in [2.24, 2.45) is 15.8 Å². The van der Waals surface area contributed by atoms with Crippen molar-refractivity contribution in [2.75, 3.05) is 13.1 Å². The third-order valence-electron chi connectivity index (χ3n) is 5.41. The summed E-state index contributed by atoms with van der Waals surface area (Å²) in [6, 6.07) is 13.4. The average molecular weight is 483 g/mol. The van der Waals surface area contributed by atoms with E-state index < -0.39 is 22.9 Å². The summed E-state index contributed by atoms with van der Waals surface area (Å²) in [5, 5.41) is 53.1. The van der Waals surface area contributed by atoms with Gasteiger partial charge >= 0.3 is 0 Å². The van der Waals surface area contributed by atoms with E-state index in [2.05, 4.69) is 10.3 Å². The van der Waals surface area contributed by atoms with E-state index >= 15 is 0 Å². The fraction of sp³-hybridized carbons (Fsp3) is 0.429. The number of Topliss-reactive ketones (excluding diaryl/α,β-unsaturated/α-hetero) is 1. The Bertz CT molecular complexity index is 1260. The van der Waals surface area contributed by atoms with E-state index in [0.29, 0.717) is 18.7 Å². The maximum absolute atomic E-state index is 13.6. The molecule has 8 nitrogen and oxygen atoms in total. The van der Waals surface area contributed by atoms with Crippen LogP contribution in [0.2, 0.25) is 0 Å². The SMILES string of the molecule is CC(C)(C)CN=C1C=C(NCC(C)(C)C)C(O)=C(C(C#N)(C#N)c2ccc(C(C#N)C#N)cc2)C1=O. The lowest BCUT2D eigenvalue weighted by Gasteiger charge is -2.29. The minimum Gasteiger partial charge on any atom is -0.505 e. The van der Waals surface area contributed by atoms with Crippen molar-refractivity contribution in [3.05, 3.63) is 58.5 Å². The lowest BCUT2D eigenvalue weighted by molar-refractivity contribution is -0.110. The van der Waals surface area contributed by atoms with Crippen LogP contribution in [0.5, 0.6) is 0 Å². The molecule has 2 rings (SSSR count). The number of ketones is 1. The standard InChI is InChI=1S/C28H30N6O2/c1-26(2,3)16-33-21-11-22(34-17-27(4,5)6)25(36)23(24(21)35)28(14-31,15-32)20-9-7-18(8-10-20)19(12-29)13-30/h7-11,19,33,35H,16-17H2,1-6H3. The van der Waals surface area contributed by atoms with E-state index in [4.69, 9.17) is 10.5 Å². The zero-order valence-electron chi connectivity index (χ0n) is 21.5. The Kier molecular flexibility index (Phi) is 8.10. The van der Waals surface area contributed by atoms with Gasteiger partial charge in [-0.05, 0) is 28.0 Å². The summed E-state index contributed by atoms with van der Waals surface area (Å²) in [6.07, 6.45) is 1.45. The molecule has 0 aliphatic heterocycles. The van der Waals surface area contributed by atoms with Gasteiger partial charge in [-0.2, -0.15) is 21.0 Å². The number of aliphatic hydroxyl groups is 1. The number of nitrogens with zero attached hydrogens (tertiary/aromatic N) is 5.